The van der Waals surface area contributed by atoms with E-state index >= 15 is 0 Å². The van der Waals surface area contributed by atoms with Crippen molar-refractivity contribution in [1.82, 2.24) is 24.3 Å². The first kappa shape index (κ1) is 27.4. The molecule has 3 amide bonds. The Morgan fingerprint density at radius 1 is 1.21 bits per heavy atom. The number of carbonyl (C=O) groups is 3. The molecular weight excluding hydrogens is 490 g/mol. The highest BCUT2D eigenvalue weighted by Gasteiger charge is 2.40. The van der Waals surface area contributed by atoms with E-state index in [9.17, 15) is 19.5 Å². The fraction of sp³-hybridized carbons (Fsp3) is 0.556. The number of ether oxygens (including phenoxy) is 2. The minimum atomic E-state index is -1.10. The molecule has 0 radical (unpaired) electrons. The summed E-state index contributed by atoms with van der Waals surface area (Å²) in [6.07, 6.45) is 0.651. The van der Waals surface area contributed by atoms with Crippen molar-refractivity contribution in [2.75, 3.05) is 52.5 Å². The van der Waals surface area contributed by atoms with Crippen LogP contribution in [-0.4, -0.2) is 106 Å². The molecule has 1 aromatic carbocycles. The number of aromatic nitrogens is 2. The van der Waals surface area contributed by atoms with Crippen LogP contribution in [0.25, 0.3) is 11.0 Å². The minimum Gasteiger partial charge on any atom is -0.500 e. The van der Waals surface area contributed by atoms with Crippen LogP contribution in [0, 0.1) is 11.8 Å². The van der Waals surface area contributed by atoms with E-state index in [1.807, 2.05) is 42.7 Å². The van der Waals surface area contributed by atoms with E-state index in [2.05, 4.69) is 11.6 Å². The number of carbonyl (C=O) groups excluding carboxylic acids is 2. The van der Waals surface area contributed by atoms with E-state index in [0.717, 1.165) is 5.52 Å². The molecule has 0 bridgehead atoms. The van der Waals surface area contributed by atoms with Gasteiger partial charge in [-0.2, -0.15) is 0 Å². The molecule has 2 aliphatic rings. The van der Waals surface area contributed by atoms with E-state index in [4.69, 9.17) is 9.47 Å². The van der Waals surface area contributed by atoms with Gasteiger partial charge in [0.05, 0.1) is 49.0 Å². The molecule has 1 aromatic heterocycles. The first-order valence-electron chi connectivity index (χ1n) is 13.1. The first-order chi connectivity index (χ1) is 18.3. The normalized spacial score (nSPS) is 20.0. The Bertz CT molecular complexity index is 1160. The highest BCUT2D eigenvalue weighted by Crippen LogP contribution is 2.27. The van der Waals surface area contributed by atoms with Gasteiger partial charge in [0, 0.05) is 32.7 Å². The van der Waals surface area contributed by atoms with Gasteiger partial charge in [0.15, 0.2) is 5.82 Å². The molecule has 2 fully saturated rings. The van der Waals surface area contributed by atoms with Crippen molar-refractivity contribution < 1.29 is 29.0 Å². The van der Waals surface area contributed by atoms with Crippen molar-refractivity contribution in [3.63, 3.8) is 0 Å². The summed E-state index contributed by atoms with van der Waals surface area (Å²) in [5.74, 6) is -0.527. The van der Waals surface area contributed by atoms with Crippen LogP contribution in [0.5, 0.6) is 0 Å². The number of likely N-dealkylation sites (tertiary alicyclic amines) is 1. The summed E-state index contributed by atoms with van der Waals surface area (Å²) in [6, 6.07) is 7.05. The van der Waals surface area contributed by atoms with Crippen LogP contribution < -0.4 is 0 Å². The molecule has 2 saturated heterocycles. The van der Waals surface area contributed by atoms with Gasteiger partial charge in [-0.25, -0.2) is 9.78 Å². The van der Waals surface area contributed by atoms with Crippen molar-refractivity contribution in [2.24, 2.45) is 11.8 Å². The second kappa shape index (κ2) is 12.3. The highest BCUT2D eigenvalue weighted by atomic mass is 16.5. The molecular formula is C27H37N5O6. The molecule has 0 saturated carbocycles. The molecule has 38 heavy (non-hydrogen) atoms. The lowest BCUT2D eigenvalue weighted by Gasteiger charge is -2.43. The molecule has 1 N–H and O–H groups in total. The molecule has 2 atom stereocenters. The summed E-state index contributed by atoms with van der Waals surface area (Å²) in [5.41, 5.74) is 1.50. The van der Waals surface area contributed by atoms with Crippen LogP contribution in [0.1, 0.15) is 30.9 Å². The lowest BCUT2D eigenvalue weighted by Crippen LogP contribution is -2.58. The number of carboxylic acid groups (broad SMARTS) is 1. The van der Waals surface area contributed by atoms with E-state index in [1.54, 1.807) is 9.80 Å². The van der Waals surface area contributed by atoms with Crippen molar-refractivity contribution in [3.05, 3.63) is 42.9 Å². The average molecular weight is 528 g/mol. The maximum atomic E-state index is 14.2. The number of hydrogen-bond donors (Lipinski definition) is 1. The Balaban J connectivity index is 1.66. The van der Waals surface area contributed by atoms with Gasteiger partial charge in [0.1, 0.15) is 6.61 Å². The Morgan fingerprint density at radius 2 is 1.95 bits per heavy atom. The first-order valence-corrected chi connectivity index (χ1v) is 13.1. The molecule has 0 unspecified atom stereocenters. The fourth-order valence-corrected chi connectivity index (χ4v) is 5.29. The Hall–Kier alpha value is -3.60. The van der Waals surface area contributed by atoms with Gasteiger partial charge in [0.2, 0.25) is 5.91 Å². The van der Waals surface area contributed by atoms with Crippen LogP contribution in [0.2, 0.25) is 0 Å². The summed E-state index contributed by atoms with van der Waals surface area (Å²) in [5, 5.41) is 9.88. The molecule has 2 aromatic rings. The second-order valence-corrected chi connectivity index (χ2v) is 10.2. The summed E-state index contributed by atoms with van der Waals surface area (Å²) in [4.78, 5) is 49.0. The van der Waals surface area contributed by atoms with Gasteiger partial charge in [-0.05, 0) is 24.5 Å². The Morgan fingerprint density at radius 3 is 2.63 bits per heavy atom. The lowest BCUT2D eigenvalue weighted by molar-refractivity contribution is -0.142. The van der Waals surface area contributed by atoms with Crippen LogP contribution in [0.3, 0.4) is 0 Å². The van der Waals surface area contributed by atoms with Gasteiger partial charge in [-0.15, -0.1) is 0 Å². The number of nitrogens with zero attached hydrogens (tertiary/aromatic N) is 5. The number of piperidine rings is 1. The second-order valence-electron chi connectivity index (χ2n) is 10.2. The van der Waals surface area contributed by atoms with Gasteiger partial charge in [-0.1, -0.05) is 32.6 Å². The number of rotatable bonds is 9. The van der Waals surface area contributed by atoms with E-state index in [-0.39, 0.29) is 36.6 Å². The fourth-order valence-electron chi connectivity index (χ4n) is 5.29. The van der Waals surface area contributed by atoms with E-state index in [0.29, 0.717) is 57.9 Å². The summed E-state index contributed by atoms with van der Waals surface area (Å²) in [6.45, 7) is 10.9. The van der Waals surface area contributed by atoms with E-state index in [1.165, 1.54) is 11.2 Å². The Kier molecular flexibility index (Phi) is 8.88. The molecule has 206 valence electrons. The molecule has 0 spiro atoms. The molecule has 11 heteroatoms. The topological polar surface area (TPSA) is 117 Å². The maximum absolute atomic E-state index is 14.2. The van der Waals surface area contributed by atoms with E-state index < -0.39 is 18.1 Å². The number of morpholine rings is 1. The highest BCUT2D eigenvalue weighted by molar-refractivity contribution is 5.95. The predicted octanol–water partition coefficient (Wildman–Crippen LogP) is 2.52. The van der Waals surface area contributed by atoms with Crippen molar-refractivity contribution >= 4 is 28.9 Å². The van der Waals surface area contributed by atoms with Crippen LogP contribution in [-0.2, 0) is 20.8 Å². The average Bonchev–Trinajstić information content (AvgIpc) is 3.29. The molecule has 2 aliphatic heterocycles. The largest absolute Gasteiger partial charge is 0.500 e. The monoisotopic (exact) mass is 527 g/mol. The quantitative estimate of drug-likeness (QED) is 0.393. The zero-order valence-electron chi connectivity index (χ0n) is 22.1. The summed E-state index contributed by atoms with van der Waals surface area (Å²) >= 11 is 0. The predicted molar refractivity (Wildman–Crippen MR) is 141 cm³/mol. The maximum Gasteiger partial charge on any atom is 0.407 e. The lowest BCUT2D eigenvalue weighted by atomic mass is 9.91. The number of para-hydroxylation sites is 2. The smallest absolute Gasteiger partial charge is 0.407 e. The zero-order valence-corrected chi connectivity index (χ0v) is 22.1. The van der Waals surface area contributed by atoms with Crippen LogP contribution >= 0.6 is 0 Å². The van der Waals surface area contributed by atoms with Gasteiger partial charge < -0.3 is 33.8 Å². The Labute approximate surface area is 222 Å². The summed E-state index contributed by atoms with van der Waals surface area (Å²) in [7, 11) is 0. The number of fused-ring (bicyclic) bond motifs is 1. The molecule has 4 rings (SSSR count). The minimum absolute atomic E-state index is 0.0880. The van der Waals surface area contributed by atoms with Gasteiger partial charge in [0.25, 0.3) is 5.91 Å². The number of hydrogen-bond acceptors (Lipinski definition) is 6. The van der Waals surface area contributed by atoms with Crippen molar-refractivity contribution in [2.45, 2.75) is 32.9 Å². The van der Waals surface area contributed by atoms with Crippen molar-refractivity contribution in [3.8, 4) is 0 Å². The van der Waals surface area contributed by atoms with Gasteiger partial charge >= 0.3 is 6.09 Å². The third-order valence-electron chi connectivity index (χ3n) is 7.03. The SMILES string of the molecule is C=COCCn1c(C(=O)N(CC(C)C)[C@H]2C[C@@H](C(=O)N3CCOCC3)CN(C(=O)O)C2)nc2ccccc21. The third-order valence-corrected chi connectivity index (χ3v) is 7.03. The molecule has 0 aliphatic carbocycles. The number of amides is 3. The third kappa shape index (κ3) is 6.09. The van der Waals surface area contributed by atoms with Crippen molar-refractivity contribution in [1.29, 1.82) is 0 Å². The number of imidazole rings is 1. The molecule has 11 nitrogen and oxygen atoms in total. The number of benzene rings is 1. The molecule has 3 heterocycles. The van der Waals surface area contributed by atoms with Crippen LogP contribution in [0.15, 0.2) is 37.1 Å². The standard InChI is InChI=1S/C27H37N5O6/c1-4-37-14-11-31-23-8-6-5-7-22(23)28-24(31)26(34)32(16-19(2)3)21-15-20(17-30(18-21)27(35)36)25(33)29-9-12-38-13-10-29/h4-8,19-21H,1,9-18H2,2-3H3,(H,35,36)/t20-,21+/m1/s1. The van der Waals surface area contributed by atoms with Gasteiger partial charge in [-0.3, -0.25) is 9.59 Å². The summed E-state index contributed by atoms with van der Waals surface area (Å²) < 4.78 is 12.6. The zero-order chi connectivity index (χ0) is 27.2. The van der Waals surface area contributed by atoms with Crippen LogP contribution in [0.4, 0.5) is 4.79 Å².